The lowest BCUT2D eigenvalue weighted by Gasteiger charge is -2.14. The summed E-state index contributed by atoms with van der Waals surface area (Å²) in [5.74, 6) is 1.95. The lowest BCUT2D eigenvalue weighted by molar-refractivity contribution is 1.08. The first-order chi connectivity index (χ1) is 23.8. The highest BCUT2D eigenvalue weighted by Gasteiger charge is 2.17. The summed E-state index contributed by atoms with van der Waals surface area (Å²) in [6.07, 6.45) is 0. The van der Waals surface area contributed by atoms with Gasteiger partial charge in [-0.15, -0.1) is 0 Å². The van der Waals surface area contributed by atoms with Crippen molar-refractivity contribution in [3.63, 3.8) is 0 Å². The van der Waals surface area contributed by atoms with Crippen LogP contribution >= 0.6 is 0 Å². The van der Waals surface area contributed by atoms with Crippen LogP contribution in [0.15, 0.2) is 176 Å². The monoisotopic (exact) mass is 611 g/mol. The van der Waals surface area contributed by atoms with Gasteiger partial charge in [-0.25, -0.2) is 15.0 Å². The summed E-state index contributed by atoms with van der Waals surface area (Å²) in [6, 6.07) is 61.7. The average Bonchev–Trinajstić information content (AvgIpc) is 3.17. The van der Waals surface area contributed by atoms with Crippen LogP contribution in [0.3, 0.4) is 0 Å². The van der Waals surface area contributed by atoms with Crippen LogP contribution in [0.2, 0.25) is 0 Å². The second kappa shape index (κ2) is 11.7. The van der Waals surface area contributed by atoms with Crippen LogP contribution < -0.4 is 0 Å². The van der Waals surface area contributed by atoms with E-state index in [1.165, 1.54) is 27.5 Å². The predicted octanol–water partition coefficient (Wildman–Crippen LogP) is 11.7. The van der Waals surface area contributed by atoms with Gasteiger partial charge in [0.2, 0.25) is 0 Å². The van der Waals surface area contributed by atoms with Gasteiger partial charge in [0.1, 0.15) is 0 Å². The van der Waals surface area contributed by atoms with E-state index in [1.807, 2.05) is 0 Å². The van der Waals surface area contributed by atoms with E-state index in [0.29, 0.717) is 17.5 Å². The molecule has 1 heterocycles. The fraction of sp³-hybridized carbons (Fsp3) is 0. The van der Waals surface area contributed by atoms with Crippen molar-refractivity contribution >= 4 is 32.3 Å². The van der Waals surface area contributed by atoms with Crippen molar-refractivity contribution in [1.82, 2.24) is 15.0 Å². The van der Waals surface area contributed by atoms with E-state index in [0.717, 1.165) is 43.8 Å². The minimum Gasteiger partial charge on any atom is -0.208 e. The molecule has 9 aromatic rings. The Morgan fingerprint density at radius 3 is 1.27 bits per heavy atom. The molecule has 224 valence electrons. The van der Waals surface area contributed by atoms with Crippen LogP contribution in [0.4, 0.5) is 0 Å². The molecule has 0 N–H and O–H groups in total. The summed E-state index contributed by atoms with van der Waals surface area (Å²) in [7, 11) is 0. The van der Waals surface area contributed by atoms with Crippen LogP contribution in [0.1, 0.15) is 0 Å². The minimum absolute atomic E-state index is 0.642. The summed E-state index contributed by atoms with van der Waals surface area (Å²) in [4.78, 5) is 15.5. The highest BCUT2D eigenvalue weighted by Crippen LogP contribution is 2.37. The molecule has 0 aliphatic rings. The number of hydrogen-bond acceptors (Lipinski definition) is 3. The van der Waals surface area contributed by atoms with E-state index in [2.05, 4.69) is 176 Å². The predicted molar refractivity (Wildman–Crippen MR) is 200 cm³/mol. The van der Waals surface area contributed by atoms with Crippen LogP contribution in [-0.4, -0.2) is 15.0 Å². The zero-order valence-electron chi connectivity index (χ0n) is 26.1. The van der Waals surface area contributed by atoms with Gasteiger partial charge >= 0.3 is 0 Å². The van der Waals surface area contributed by atoms with E-state index in [1.54, 1.807) is 0 Å². The van der Waals surface area contributed by atoms with Gasteiger partial charge in [-0.2, -0.15) is 0 Å². The maximum atomic E-state index is 5.16. The Morgan fingerprint density at radius 2 is 0.667 bits per heavy atom. The van der Waals surface area contributed by atoms with Crippen molar-refractivity contribution in [2.75, 3.05) is 0 Å². The van der Waals surface area contributed by atoms with Crippen LogP contribution in [-0.2, 0) is 0 Å². The number of aromatic nitrogens is 3. The molecule has 0 aliphatic carbocycles. The van der Waals surface area contributed by atoms with Gasteiger partial charge in [0.05, 0.1) is 0 Å². The second-order valence-electron chi connectivity index (χ2n) is 12.0. The van der Waals surface area contributed by atoms with Gasteiger partial charge < -0.3 is 0 Å². The molecular weight excluding hydrogens is 583 g/mol. The van der Waals surface area contributed by atoms with Gasteiger partial charge in [0, 0.05) is 16.7 Å². The number of fused-ring (bicyclic) bond motifs is 3. The Morgan fingerprint density at radius 1 is 0.250 bits per heavy atom. The van der Waals surface area contributed by atoms with E-state index in [-0.39, 0.29) is 0 Å². The van der Waals surface area contributed by atoms with Gasteiger partial charge in [0.15, 0.2) is 17.5 Å². The number of nitrogens with zero attached hydrogens (tertiary/aromatic N) is 3. The quantitative estimate of drug-likeness (QED) is 0.194. The first-order valence-corrected chi connectivity index (χ1v) is 16.2. The maximum Gasteiger partial charge on any atom is 0.164 e. The highest BCUT2D eigenvalue weighted by molar-refractivity contribution is 6.05. The Labute approximate surface area is 278 Å². The molecule has 8 aromatic carbocycles. The summed E-state index contributed by atoms with van der Waals surface area (Å²) in [5.41, 5.74) is 7.62. The van der Waals surface area contributed by atoms with Crippen molar-refractivity contribution < 1.29 is 0 Å². The second-order valence-corrected chi connectivity index (χ2v) is 12.0. The fourth-order valence-electron chi connectivity index (χ4n) is 6.83. The molecule has 3 heteroatoms. The molecule has 1 aromatic heterocycles. The third-order valence-corrected chi connectivity index (χ3v) is 9.14. The Kier molecular flexibility index (Phi) is 6.80. The fourth-order valence-corrected chi connectivity index (χ4v) is 6.83. The Balaban J connectivity index is 1.24. The smallest absolute Gasteiger partial charge is 0.164 e. The molecule has 0 saturated carbocycles. The molecule has 0 unspecified atom stereocenters. The van der Waals surface area contributed by atoms with E-state index < -0.39 is 0 Å². The van der Waals surface area contributed by atoms with Crippen molar-refractivity contribution in [2.45, 2.75) is 0 Å². The van der Waals surface area contributed by atoms with E-state index >= 15 is 0 Å². The first-order valence-electron chi connectivity index (χ1n) is 16.2. The molecule has 0 fully saturated rings. The summed E-state index contributed by atoms with van der Waals surface area (Å²) in [5, 5.41) is 6.95. The van der Waals surface area contributed by atoms with Crippen LogP contribution in [0.25, 0.3) is 88.7 Å². The zero-order valence-corrected chi connectivity index (χ0v) is 26.1. The molecule has 0 saturated heterocycles. The Bertz CT molecular complexity index is 2520. The van der Waals surface area contributed by atoms with Gasteiger partial charge in [-0.3, -0.25) is 0 Å². The van der Waals surface area contributed by atoms with E-state index in [4.69, 9.17) is 15.0 Å². The minimum atomic E-state index is 0.642. The maximum absolute atomic E-state index is 5.16. The normalized spacial score (nSPS) is 11.3. The van der Waals surface area contributed by atoms with Gasteiger partial charge in [-0.05, 0) is 60.6 Å². The lowest BCUT2D eigenvalue weighted by atomic mass is 9.91. The van der Waals surface area contributed by atoms with Crippen molar-refractivity contribution in [2.24, 2.45) is 0 Å². The van der Waals surface area contributed by atoms with Crippen molar-refractivity contribution in [3.05, 3.63) is 176 Å². The van der Waals surface area contributed by atoms with Gasteiger partial charge in [0.25, 0.3) is 0 Å². The average molecular weight is 612 g/mol. The number of rotatable bonds is 5. The topological polar surface area (TPSA) is 38.7 Å². The Hall–Kier alpha value is -6.45. The standard InChI is InChI=1S/C45H29N3/c1-2-13-30(14-3-1)37-27-28-38(40-24-9-8-23-39(37)40)33-19-10-20-34(29-33)43-46-44(41-25-11-17-31-15-4-6-21-35(31)41)48-45(47-43)42-26-12-18-32-16-5-7-22-36(32)42/h1-29H. The molecule has 0 bridgehead atoms. The zero-order chi connectivity index (χ0) is 31.9. The van der Waals surface area contributed by atoms with Crippen molar-refractivity contribution in [3.8, 4) is 56.4 Å². The number of benzene rings is 8. The molecule has 0 atom stereocenters. The largest absolute Gasteiger partial charge is 0.208 e. The molecular formula is C45H29N3. The SMILES string of the molecule is c1ccc(-c2ccc(-c3cccc(-c4nc(-c5cccc6ccccc56)nc(-c5cccc6ccccc56)n4)c3)c3ccccc23)cc1. The lowest BCUT2D eigenvalue weighted by Crippen LogP contribution is -2.01. The molecule has 9 rings (SSSR count). The molecule has 0 spiro atoms. The molecule has 48 heavy (non-hydrogen) atoms. The molecule has 0 amide bonds. The van der Waals surface area contributed by atoms with E-state index in [9.17, 15) is 0 Å². The van der Waals surface area contributed by atoms with Crippen LogP contribution in [0, 0.1) is 0 Å². The number of hydrogen-bond donors (Lipinski definition) is 0. The highest BCUT2D eigenvalue weighted by atomic mass is 15.0. The summed E-state index contributed by atoms with van der Waals surface area (Å²) >= 11 is 0. The third-order valence-electron chi connectivity index (χ3n) is 9.14. The van der Waals surface area contributed by atoms with Crippen LogP contribution in [0.5, 0.6) is 0 Å². The molecule has 3 nitrogen and oxygen atoms in total. The third kappa shape index (κ3) is 4.90. The summed E-state index contributed by atoms with van der Waals surface area (Å²) in [6.45, 7) is 0. The van der Waals surface area contributed by atoms with Crippen molar-refractivity contribution in [1.29, 1.82) is 0 Å². The molecule has 0 radical (unpaired) electrons. The first kappa shape index (κ1) is 27.8. The molecule has 0 aliphatic heterocycles. The van der Waals surface area contributed by atoms with Gasteiger partial charge in [-0.1, -0.05) is 170 Å². The summed E-state index contributed by atoms with van der Waals surface area (Å²) < 4.78 is 0.